The monoisotopic (exact) mass is 393 g/mol. The zero-order chi connectivity index (χ0) is 19.3. The number of hydrogen-bond donors (Lipinski definition) is 1. The number of carbonyl (C=O) groups is 1. The molecule has 2 aromatic heterocycles. The lowest BCUT2D eigenvalue weighted by atomic mass is 10.1. The van der Waals surface area contributed by atoms with E-state index in [1.54, 1.807) is 24.5 Å². The van der Waals surface area contributed by atoms with E-state index < -0.39 is 0 Å². The molecule has 4 rings (SSSR count). The van der Waals surface area contributed by atoms with Crippen molar-refractivity contribution in [2.75, 3.05) is 0 Å². The van der Waals surface area contributed by atoms with E-state index in [1.165, 1.54) is 0 Å². The molecule has 0 saturated heterocycles. The smallest absolute Gasteiger partial charge is 0.273 e. The van der Waals surface area contributed by atoms with Crippen LogP contribution in [0, 0.1) is 0 Å². The molecule has 0 aliphatic carbocycles. The highest BCUT2D eigenvalue weighted by Gasteiger charge is 2.13. The van der Waals surface area contributed by atoms with Crippen LogP contribution < -0.4 is 10.1 Å². The Bertz CT molecular complexity index is 1120. The standard InChI is InChI=1S/C21H16ClN3O3/c22-18-6-2-1-4-15(18)12-24-21(26)19-10-16(28-25-19)13-27-20-7-3-5-14-11-23-9-8-17(14)20/h1-11H,12-13H2,(H,24,26). The van der Waals surface area contributed by atoms with E-state index >= 15 is 0 Å². The molecular weight excluding hydrogens is 378 g/mol. The number of fused-ring (bicyclic) bond motifs is 1. The summed E-state index contributed by atoms with van der Waals surface area (Å²) >= 11 is 6.09. The van der Waals surface area contributed by atoms with Crippen LogP contribution in [0.3, 0.4) is 0 Å². The van der Waals surface area contributed by atoms with E-state index in [0.29, 0.717) is 23.1 Å². The molecule has 0 aliphatic rings. The molecule has 0 unspecified atom stereocenters. The van der Waals surface area contributed by atoms with E-state index in [0.717, 1.165) is 16.3 Å². The van der Waals surface area contributed by atoms with Crippen LogP contribution in [0.1, 0.15) is 21.8 Å². The minimum atomic E-state index is -0.342. The summed E-state index contributed by atoms with van der Waals surface area (Å²) in [5.41, 5.74) is 1.02. The van der Waals surface area contributed by atoms with Crippen molar-refractivity contribution >= 4 is 28.3 Å². The lowest BCUT2D eigenvalue weighted by molar-refractivity contribution is 0.0941. The molecule has 0 aliphatic heterocycles. The maximum Gasteiger partial charge on any atom is 0.273 e. The Hall–Kier alpha value is -3.38. The Morgan fingerprint density at radius 2 is 2.04 bits per heavy atom. The summed E-state index contributed by atoms with van der Waals surface area (Å²) in [5.74, 6) is 0.820. The van der Waals surface area contributed by atoms with Crippen molar-refractivity contribution in [1.82, 2.24) is 15.5 Å². The molecule has 0 spiro atoms. The van der Waals surface area contributed by atoms with Crippen LogP contribution in [-0.4, -0.2) is 16.0 Å². The van der Waals surface area contributed by atoms with Crippen molar-refractivity contribution < 1.29 is 14.1 Å². The molecule has 28 heavy (non-hydrogen) atoms. The van der Waals surface area contributed by atoms with Crippen molar-refractivity contribution in [3.63, 3.8) is 0 Å². The summed E-state index contributed by atoms with van der Waals surface area (Å²) in [6, 6.07) is 16.5. The van der Waals surface area contributed by atoms with E-state index in [1.807, 2.05) is 42.5 Å². The Kier molecular flexibility index (Phi) is 5.21. The third kappa shape index (κ3) is 3.97. The third-order valence-electron chi connectivity index (χ3n) is 4.20. The molecule has 6 nitrogen and oxygen atoms in total. The summed E-state index contributed by atoms with van der Waals surface area (Å²) in [7, 11) is 0. The Morgan fingerprint density at radius 1 is 1.14 bits per heavy atom. The molecular formula is C21H16ClN3O3. The first-order valence-corrected chi connectivity index (χ1v) is 9.01. The minimum absolute atomic E-state index is 0.159. The van der Waals surface area contributed by atoms with Crippen LogP contribution >= 0.6 is 11.6 Å². The first-order valence-electron chi connectivity index (χ1n) is 8.63. The molecule has 140 valence electrons. The van der Waals surface area contributed by atoms with Crippen LogP contribution in [0.2, 0.25) is 5.02 Å². The highest BCUT2D eigenvalue weighted by molar-refractivity contribution is 6.31. The maximum atomic E-state index is 12.3. The number of hydrogen-bond acceptors (Lipinski definition) is 5. The molecule has 1 N–H and O–H groups in total. The van der Waals surface area contributed by atoms with Gasteiger partial charge in [0.25, 0.3) is 5.91 Å². The number of nitrogens with zero attached hydrogens (tertiary/aromatic N) is 2. The number of aromatic nitrogens is 2. The summed E-state index contributed by atoms with van der Waals surface area (Å²) in [5, 5.41) is 9.13. The fourth-order valence-corrected chi connectivity index (χ4v) is 2.97. The number of rotatable bonds is 6. The first-order chi connectivity index (χ1) is 13.7. The summed E-state index contributed by atoms with van der Waals surface area (Å²) in [6.07, 6.45) is 3.49. The third-order valence-corrected chi connectivity index (χ3v) is 4.57. The quantitative estimate of drug-likeness (QED) is 0.525. The number of nitrogens with one attached hydrogen (secondary N) is 1. The molecule has 1 amide bonds. The van der Waals surface area contributed by atoms with Gasteiger partial charge in [-0.2, -0.15) is 0 Å². The molecule has 2 heterocycles. The van der Waals surface area contributed by atoms with Gasteiger partial charge in [-0.25, -0.2) is 0 Å². The van der Waals surface area contributed by atoms with E-state index in [-0.39, 0.29) is 18.2 Å². The molecule has 7 heteroatoms. The molecule has 0 bridgehead atoms. The predicted molar refractivity (Wildman–Crippen MR) is 105 cm³/mol. The maximum absolute atomic E-state index is 12.3. The topological polar surface area (TPSA) is 77.2 Å². The summed E-state index contributed by atoms with van der Waals surface area (Å²) < 4.78 is 11.1. The van der Waals surface area contributed by atoms with Gasteiger partial charge >= 0.3 is 0 Å². The zero-order valence-corrected chi connectivity index (χ0v) is 15.5. The number of halogens is 1. The van der Waals surface area contributed by atoms with E-state index in [4.69, 9.17) is 20.9 Å². The fourth-order valence-electron chi connectivity index (χ4n) is 2.76. The number of carbonyl (C=O) groups excluding carboxylic acids is 1. The molecule has 4 aromatic rings. The van der Waals surface area contributed by atoms with Gasteiger partial charge in [0.1, 0.15) is 12.4 Å². The van der Waals surface area contributed by atoms with Gasteiger partial charge in [-0.15, -0.1) is 0 Å². The fraction of sp³-hybridized carbons (Fsp3) is 0.0952. The number of amides is 1. The Labute approximate surface area is 166 Å². The molecule has 2 aromatic carbocycles. The van der Waals surface area contributed by atoms with E-state index in [2.05, 4.69) is 15.5 Å². The van der Waals surface area contributed by atoms with Gasteiger partial charge in [0.15, 0.2) is 11.5 Å². The van der Waals surface area contributed by atoms with Crippen LogP contribution in [0.5, 0.6) is 5.75 Å². The second-order valence-electron chi connectivity index (χ2n) is 6.09. The second kappa shape index (κ2) is 8.10. The van der Waals surface area contributed by atoms with Gasteiger partial charge in [-0.1, -0.05) is 47.1 Å². The Balaban J connectivity index is 1.39. The molecule has 0 atom stereocenters. The largest absolute Gasteiger partial charge is 0.485 e. The number of ether oxygens (including phenoxy) is 1. The molecule has 0 fully saturated rings. The van der Waals surface area contributed by atoms with Crippen molar-refractivity contribution in [2.24, 2.45) is 0 Å². The van der Waals surface area contributed by atoms with Crippen LogP contribution in [0.4, 0.5) is 0 Å². The van der Waals surface area contributed by atoms with Gasteiger partial charge in [0.05, 0.1) is 0 Å². The van der Waals surface area contributed by atoms with Crippen molar-refractivity contribution in [3.05, 3.63) is 89.0 Å². The Morgan fingerprint density at radius 3 is 2.93 bits per heavy atom. The SMILES string of the molecule is O=C(NCc1ccccc1Cl)c1cc(COc2cccc3cnccc23)on1. The van der Waals surface area contributed by atoms with Crippen molar-refractivity contribution in [2.45, 2.75) is 13.2 Å². The van der Waals surface area contributed by atoms with Gasteiger partial charge in [-0.3, -0.25) is 9.78 Å². The van der Waals surface area contributed by atoms with Gasteiger partial charge < -0.3 is 14.6 Å². The van der Waals surface area contributed by atoms with Crippen LogP contribution in [-0.2, 0) is 13.2 Å². The minimum Gasteiger partial charge on any atom is -0.485 e. The first kappa shape index (κ1) is 18.0. The predicted octanol–water partition coefficient (Wildman–Crippen LogP) is 4.39. The number of pyridine rings is 1. The summed E-state index contributed by atoms with van der Waals surface area (Å²) in [4.78, 5) is 16.4. The van der Waals surface area contributed by atoms with E-state index in [9.17, 15) is 4.79 Å². The lowest BCUT2D eigenvalue weighted by Gasteiger charge is -2.07. The zero-order valence-electron chi connectivity index (χ0n) is 14.8. The van der Waals surface area contributed by atoms with Crippen molar-refractivity contribution in [1.29, 1.82) is 0 Å². The average Bonchev–Trinajstić information content (AvgIpc) is 3.20. The lowest BCUT2D eigenvalue weighted by Crippen LogP contribution is -2.23. The van der Waals surface area contributed by atoms with Gasteiger partial charge in [0.2, 0.25) is 0 Å². The van der Waals surface area contributed by atoms with Gasteiger partial charge in [-0.05, 0) is 23.8 Å². The van der Waals surface area contributed by atoms with Gasteiger partial charge in [0, 0.05) is 40.8 Å². The summed E-state index contributed by atoms with van der Waals surface area (Å²) in [6.45, 7) is 0.466. The second-order valence-corrected chi connectivity index (χ2v) is 6.50. The van der Waals surface area contributed by atoms with Crippen molar-refractivity contribution in [3.8, 4) is 5.75 Å². The highest BCUT2D eigenvalue weighted by Crippen LogP contribution is 2.25. The normalized spacial score (nSPS) is 10.8. The number of benzene rings is 2. The highest BCUT2D eigenvalue weighted by atomic mass is 35.5. The average molecular weight is 394 g/mol. The molecule has 0 radical (unpaired) electrons. The van der Waals surface area contributed by atoms with Crippen LogP contribution in [0.15, 0.2) is 71.5 Å². The van der Waals surface area contributed by atoms with Crippen LogP contribution in [0.25, 0.3) is 10.8 Å². The molecule has 0 saturated carbocycles.